The summed E-state index contributed by atoms with van der Waals surface area (Å²) in [7, 11) is 1.89. The van der Waals surface area contributed by atoms with Gasteiger partial charge in [-0.15, -0.1) is 0 Å². The van der Waals surface area contributed by atoms with Crippen molar-refractivity contribution in [1.82, 2.24) is 10.2 Å². The topological polar surface area (TPSA) is 24.5 Å². The van der Waals surface area contributed by atoms with E-state index in [1.807, 2.05) is 7.11 Å². The van der Waals surface area contributed by atoms with Crippen LogP contribution >= 0.6 is 0 Å². The fourth-order valence-corrected chi connectivity index (χ4v) is 4.69. The molecule has 3 fully saturated rings. The highest BCUT2D eigenvalue weighted by atomic mass is 16.5. The third-order valence-corrected chi connectivity index (χ3v) is 6.22. The first-order chi connectivity index (χ1) is 10.2. The van der Waals surface area contributed by atoms with Crippen LogP contribution in [0.5, 0.6) is 0 Å². The van der Waals surface area contributed by atoms with Crippen molar-refractivity contribution in [1.29, 1.82) is 0 Å². The molecule has 1 N–H and O–H groups in total. The zero-order valence-electron chi connectivity index (χ0n) is 14.2. The number of methoxy groups -OCH3 is 1. The molecule has 4 unspecified atom stereocenters. The van der Waals surface area contributed by atoms with Gasteiger partial charge in [0.1, 0.15) is 0 Å². The second-order valence-electron chi connectivity index (χ2n) is 7.87. The van der Waals surface area contributed by atoms with Crippen LogP contribution in [0.3, 0.4) is 0 Å². The largest absolute Gasteiger partial charge is 0.381 e. The van der Waals surface area contributed by atoms with E-state index in [0.29, 0.717) is 11.6 Å². The highest BCUT2D eigenvalue weighted by Gasteiger charge is 2.47. The fourth-order valence-electron chi connectivity index (χ4n) is 4.69. The molecule has 1 saturated heterocycles. The van der Waals surface area contributed by atoms with Crippen molar-refractivity contribution in [2.45, 2.75) is 88.9 Å². The van der Waals surface area contributed by atoms with Gasteiger partial charge in [0.05, 0.1) is 6.10 Å². The van der Waals surface area contributed by atoms with Gasteiger partial charge in [-0.1, -0.05) is 13.3 Å². The Morgan fingerprint density at radius 3 is 2.71 bits per heavy atom. The molecule has 21 heavy (non-hydrogen) atoms. The molecular weight excluding hydrogens is 260 g/mol. The van der Waals surface area contributed by atoms with Crippen LogP contribution in [-0.2, 0) is 4.74 Å². The average Bonchev–Trinajstić information content (AvgIpc) is 3.35. The Bertz CT molecular complexity index is 344. The minimum Gasteiger partial charge on any atom is -0.381 e. The van der Waals surface area contributed by atoms with E-state index < -0.39 is 0 Å². The lowest BCUT2D eigenvalue weighted by Crippen LogP contribution is -2.66. The molecule has 0 aromatic carbocycles. The van der Waals surface area contributed by atoms with E-state index in [1.165, 1.54) is 64.5 Å². The molecule has 2 aliphatic carbocycles. The lowest BCUT2D eigenvalue weighted by atomic mass is 9.85. The number of hydrogen-bond acceptors (Lipinski definition) is 3. The number of ether oxygens (including phenoxy) is 1. The van der Waals surface area contributed by atoms with Crippen LogP contribution in [0, 0.1) is 5.92 Å². The summed E-state index contributed by atoms with van der Waals surface area (Å²) >= 11 is 0. The summed E-state index contributed by atoms with van der Waals surface area (Å²) in [4.78, 5) is 2.88. The Kier molecular flexibility index (Phi) is 4.92. The van der Waals surface area contributed by atoms with Gasteiger partial charge in [0.15, 0.2) is 0 Å². The standard InChI is InChI=1S/C18H34N2O/c1-4-6-16-12-19-18(2,14-9-10-14)13-20(16)15-7-5-8-17(11-15)21-3/h14-17,19H,4-13H2,1-3H3. The molecule has 1 heterocycles. The van der Waals surface area contributed by atoms with E-state index in [4.69, 9.17) is 4.74 Å². The monoisotopic (exact) mass is 294 g/mol. The number of nitrogens with one attached hydrogen (secondary N) is 1. The smallest absolute Gasteiger partial charge is 0.0586 e. The van der Waals surface area contributed by atoms with Crippen molar-refractivity contribution in [2.24, 2.45) is 5.92 Å². The van der Waals surface area contributed by atoms with E-state index in [-0.39, 0.29) is 0 Å². The zero-order chi connectivity index (χ0) is 14.9. The van der Waals surface area contributed by atoms with E-state index in [0.717, 1.165) is 18.0 Å². The first-order valence-corrected chi connectivity index (χ1v) is 9.20. The second kappa shape index (κ2) is 6.55. The summed E-state index contributed by atoms with van der Waals surface area (Å²) in [6, 6.07) is 1.49. The summed E-state index contributed by atoms with van der Waals surface area (Å²) in [6.45, 7) is 7.24. The number of hydrogen-bond donors (Lipinski definition) is 1. The van der Waals surface area contributed by atoms with Gasteiger partial charge in [0.2, 0.25) is 0 Å². The van der Waals surface area contributed by atoms with Gasteiger partial charge in [-0.3, -0.25) is 4.90 Å². The van der Waals surface area contributed by atoms with E-state index in [1.54, 1.807) is 0 Å². The Balaban J connectivity index is 1.70. The molecule has 0 amide bonds. The second-order valence-corrected chi connectivity index (χ2v) is 7.87. The Morgan fingerprint density at radius 2 is 2.05 bits per heavy atom. The van der Waals surface area contributed by atoms with Crippen molar-refractivity contribution < 1.29 is 4.74 Å². The molecule has 0 bridgehead atoms. The minimum atomic E-state index is 0.365. The summed E-state index contributed by atoms with van der Waals surface area (Å²) in [6.07, 6.45) is 11.2. The first-order valence-electron chi connectivity index (χ1n) is 9.20. The summed E-state index contributed by atoms with van der Waals surface area (Å²) in [5, 5.41) is 3.91. The molecule has 1 aliphatic heterocycles. The number of piperazine rings is 1. The summed E-state index contributed by atoms with van der Waals surface area (Å²) in [5.41, 5.74) is 0.365. The Labute approximate surface area is 130 Å². The molecule has 3 nitrogen and oxygen atoms in total. The van der Waals surface area contributed by atoms with Crippen LogP contribution in [0.15, 0.2) is 0 Å². The third-order valence-electron chi connectivity index (χ3n) is 6.22. The molecule has 0 aromatic rings. The van der Waals surface area contributed by atoms with E-state index in [2.05, 4.69) is 24.1 Å². The maximum absolute atomic E-state index is 5.68. The first kappa shape index (κ1) is 15.8. The molecular formula is C18H34N2O. The van der Waals surface area contributed by atoms with Gasteiger partial charge >= 0.3 is 0 Å². The van der Waals surface area contributed by atoms with Crippen molar-refractivity contribution in [3.8, 4) is 0 Å². The van der Waals surface area contributed by atoms with E-state index in [9.17, 15) is 0 Å². The minimum absolute atomic E-state index is 0.365. The highest BCUT2D eigenvalue weighted by molar-refractivity contribution is 5.05. The maximum Gasteiger partial charge on any atom is 0.0586 e. The van der Waals surface area contributed by atoms with E-state index >= 15 is 0 Å². The number of nitrogens with zero attached hydrogens (tertiary/aromatic N) is 1. The third kappa shape index (κ3) is 3.46. The Morgan fingerprint density at radius 1 is 1.24 bits per heavy atom. The average molecular weight is 294 g/mol. The Hall–Kier alpha value is -0.120. The molecule has 122 valence electrons. The van der Waals surface area contributed by atoms with Gasteiger partial charge in [0.25, 0.3) is 0 Å². The van der Waals surface area contributed by atoms with Gasteiger partial charge in [-0.2, -0.15) is 0 Å². The molecule has 2 saturated carbocycles. The quantitative estimate of drug-likeness (QED) is 0.843. The molecule has 0 radical (unpaired) electrons. The van der Waals surface area contributed by atoms with Crippen LogP contribution in [0.4, 0.5) is 0 Å². The van der Waals surface area contributed by atoms with Gasteiger partial charge in [-0.25, -0.2) is 0 Å². The normalized spacial score (nSPS) is 42.1. The molecule has 4 atom stereocenters. The van der Waals surface area contributed by atoms with Crippen molar-refractivity contribution >= 4 is 0 Å². The lowest BCUT2D eigenvalue weighted by molar-refractivity contribution is -0.0184. The van der Waals surface area contributed by atoms with Gasteiger partial charge in [0, 0.05) is 37.8 Å². The lowest BCUT2D eigenvalue weighted by Gasteiger charge is -2.51. The predicted octanol–water partition coefficient (Wildman–Crippen LogP) is 3.19. The van der Waals surface area contributed by atoms with Crippen LogP contribution in [0.2, 0.25) is 0 Å². The summed E-state index contributed by atoms with van der Waals surface area (Å²) < 4.78 is 5.68. The SMILES string of the molecule is CCCC1CNC(C)(C2CC2)CN1C1CCCC(OC)C1. The van der Waals surface area contributed by atoms with Crippen LogP contribution < -0.4 is 5.32 Å². The van der Waals surface area contributed by atoms with Crippen LogP contribution in [0.25, 0.3) is 0 Å². The van der Waals surface area contributed by atoms with Crippen LogP contribution in [0.1, 0.15) is 65.2 Å². The number of rotatable bonds is 5. The molecule has 0 aromatic heterocycles. The fraction of sp³-hybridized carbons (Fsp3) is 1.00. The highest BCUT2D eigenvalue weighted by Crippen LogP contribution is 2.42. The van der Waals surface area contributed by atoms with Crippen molar-refractivity contribution in [3.05, 3.63) is 0 Å². The molecule has 3 aliphatic rings. The molecule has 3 rings (SSSR count). The predicted molar refractivity (Wildman–Crippen MR) is 87.6 cm³/mol. The molecule has 3 heteroatoms. The molecule has 0 spiro atoms. The maximum atomic E-state index is 5.68. The van der Waals surface area contributed by atoms with Crippen molar-refractivity contribution in [3.63, 3.8) is 0 Å². The zero-order valence-corrected chi connectivity index (χ0v) is 14.2. The summed E-state index contributed by atoms with van der Waals surface area (Å²) in [5.74, 6) is 0.921. The van der Waals surface area contributed by atoms with Crippen LogP contribution in [-0.4, -0.2) is 48.8 Å². The van der Waals surface area contributed by atoms with Gasteiger partial charge in [-0.05, 0) is 57.8 Å². The van der Waals surface area contributed by atoms with Gasteiger partial charge < -0.3 is 10.1 Å². The van der Waals surface area contributed by atoms with Crippen molar-refractivity contribution in [2.75, 3.05) is 20.2 Å².